The first-order valence-electron chi connectivity index (χ1n) is 9.18. The maximum absolute atomic E-state index is 12.6. The van der Waals surface area contributed by atoms with E-state index < -0.39 is 5.89 Å². The van der Waals surface area contributed by atoms with Crippen LogP contribution in [0.3, 0.4) is 0 Å². The number of hydrogen-bond acceptors (Lipinski definition) is 2. The molecule has 1 aromatic carbocycles. The van der Waals surface area contributed by atoms with E-state index >= 15 is 0 Å². The zero-order valence-corrected chi connectivity index (χ0v) is 13.9. The smallest absolute Gasteiger partial charge is 0.309 e. The van der Waals surface area contributed by atoms with Crippen molar-refractivity contribution in [2.24, 2.45) is 23.6 Å². The fraction of sp³-hybridized carbons (Fsp3) is 0.650. The van der Waals surface area contributed by atoms with E-state index in [-0.39, 0.29) is 18.0 Å². The summed E-state index contributed by atoms with van der Waals surface area (Å²) in [4.78, 5) is 12.6. The first kappa shape index (κ1) is 14.3. The molecule has 2 saturated carbocycles. The molecule has 0 amide bonds. The molecule has 5 atom stereocenters. The van der Waals surface area contributed by atoms with Crippen molar-refractivity contribution < 1.29 is 10.9 Å². The van der Waals surface area contributed by atoms with Gasteiger partial charge in [-0.3, -0.25) is 4.79 Å². The zero-order valence-electron chi connectivity index (χ0n) is 14.9. The molecule has 120 valence electrons. The Labute approximate surface area is 135 Å². The van der Waals surface area contributed by atoms with Crippen LogP contribution in [0.4, 0.5) is 0 Å². The van der Waals surface area contributed by atoms with Gasteiger partial charge in [0.2, 0.25) is 0 Å². The summed E-state index contributed by atoms with van der Waals surface area (Å²) in [5, 5.41) is 0. The topological polar surface area (TPSA) is 26.3 Å². The maximum atomic E-state index is 12.6. The van der Waals surface area contributed by atoms with Gasteiger partial charge in [-0.15, -0.1) is 0 Å². The van der Waals surface area contributed by atoms with E-state index in [1.807, 2.05) is 30.3 Å². The Balaban J connectivity index is 1.67. The second-order valence-electron chi connectivity index (χ2n) is 7.46. The highest BCUT2D eigenvalue weighted by molar-refractivity contribution is 5.77. The largest absolute Gasteiger partial charge is 0.462 e. The van der Waals surface area contributed by atoms with Gasteiger partial charge in [0.05, 0.1) is 5.89 Å². The van der Waals surface area contributed by atoms with Crippen molar-refractivity contribution in [2.45, 2.75) is 58.5 Å². The van der Waals surface area contributed by atoms with Crippen LogP contribution in [0.5, 0.6) is 0 Å². The number of ether oxygens (including phenoxy) is 1. The van der Waals surface area contributed by atoms with Crippen LogP contribution >= 0.6 is 0 Å². The maximum Gasteiger partial charge on any atom is 0.309 e. The molecule has 0 aromatic heterocycles. The van der Waals surface area contributed by atoms with Crippen LogP contribution in [-0.2, 0) is 9.53 Å². The number of esters is 1. The Morgan fingerprint density at radius 2 is 1.95 bits per heavy atom. The van der Waals surface area contributed by atoms with Crippen molar-refractivity contribution >= 4 is 5.97 Å². The summed E-state index contributed by atoms with van der Waals surface area (Å²) < 4.78 is 14.4. The lowest BCUT2D eigenvalue weighted by atomic mass is 9.75. The van der Waals surface area contributed by atoms with Crippen LogP contribution < -0.4 is 0 Å². The molecule has 22 heavy (non-hydrogen) atoms. The fourth-order valence-corrected chi connectivity index (χ4v) is 3.85. The number of carbonyl (C=O) groups excluding carboxylic acids is 1. The quantitative estimate of drug-likeness (QED) is 0.590. The fourth-order valence-electron chi connectivity index (χ4n) is 3.85. The highest BCUT2D eigenvalue weighted by Crippen LogP contribution is 2.49. The number of benzene rings is 1. The van der Waals surface area contributed by atoms with Crippen molar-refractivity contribution in [3.05, 3.63) is 35.9 Å². The summed E-state index contributed by atoms with van der Waals surface area (Å²) in [5.74, 6) is 0.182. The lowest BCUT2D eigenvalue weighted by Gasteiger charge is -2.36. The summed E-state index contributed by atoms with van der Waals surface area (Å²) in [6, 6.07) is 9.92. The minimum atomic E-state index is -1.07. The third-order valence-electron chi connectivity index (χ3n) is 5.37. The van der Waals surface area contributed by atoms with E-state index in [1.165, 1.54) is 6.42 Å². The van der Waals surface area contributed by atoms with Crippen molar-refractivity contribution in [3.8, 4) is 0 Å². The van der Waals surface area contributed by atoms with E-state index in [4.69, 9.17) is 6.11 Å². The Kier molecular flexibility index (Phi) is 4.18. The molecule has 0 saturated heterocycles. The molecule has 0 bridgehead atoms. The number of carbonyl (C=O) groups is 1. The SMILES string of the molecule is [2H][C@]1(C(=O)OC2CC(C)CCC2C(C)C)[13CH2][C@H]1c1ccccc1. The van der Waals surface area contributed by atoms with Gasteiger partial charge in [-0.05, 0) is 48.5 Å². The molecule has 0 N–H and O–H groups in total. The van der Waals surface area contributed by atoms with Gasteiger partial charge < -0.3 is 4.74 Å². The summed E-state index contributed by atoms with van der Waals surface area (Å²) >= 11 is 0. The first-order valence-corrected chi connectivity index (χ1v) is 8.68. The molecule has 0 aliphatic heterocycles. The first-order chi connectivity index (χ1) is 10.9. The molecule has 2 fully saturated rings. The third kappa shape index (κ3) is 3.37. The molecule has 3 rings (SSSR count). The molecule has 2 heteroatoms. The van der Waals surface area contributed by atoms with Crippen LogP contribution in [0.2, 0.25) is 0 Å². The van der Waals surface area contributed by atoms with E-state index in [2.05, 4.69) is 20.8 Å². The molecular formula is C20H28O2. The number of hydrogen-bond donors (Lipinski definition) is 0. The summed E-state index contributed by atoms with van der Waals surface area (Å²) in [7, 11) is 0. The molecule has 2 aliphatic rings. The highest BCUT2D eigenvalue weighted by Gasteiger charge is 2.46. The molecule has 3 unspecified atom stereocenters. The molecule has 0 spiro atoms. The molecule has 1 aromatic rings. The number of rotatable bonds is 4. The Bertz CT molecular complexity index is 556. The van der Waals surface area contributed by atoms with Crippen LogP contribution in [0, 0.1) is 23.6 Å². The van der Waals surface area contributed by atoms with Crippen molar-refractivity contribution in [3.63, 3.8) is 0 Å². The Hall–Kier alpha value is -1.31. The van der Waals surface area contributed by atoms with E-state index in [0.717, 1.165) is 18.4 Å². The van der Waals surface area contributed by atoms with Crippen LogP contribution in [0.25, 0.3) is 0 Å². The minimum Gasteiger partial charge on any atom is -0.462 e. The van der Waals surface area contributed by atoms with Gasteiger partial charge in [0.15, 0.2) is 0 Å². The van der Waals surface area contributed by atoms with Gasteiger partial charge in [0.25, 0.3) is 0 Å². The average Bonchev–Trinajstić information content (AvgIpc) is 3.21. The van der Waals surface area contributed by atoms with E-state index in [0.29, 0.717) is 24.2 Å². The lowest BCUT2D eigenvalue weighted by molar-refractivity contribution is -0.157. The Morgan fingerprint density at radius 3 is 2.64 bits per heavy atom. The third-order valence-corrected chi connectivity index (χ3v) is 5.37. The molecular weight excluding hydrogens is 273 g/mol. The second kappa shape index (κ2) is 6.44. The molecule has 2 nitrogen and oxygen atoms in total. The Morgan fingerprint density at radius 1 is 1.23 bits per heavy atom. The summed E-state index contributed by atoms with van der Waals surface area (Å²) in [6.07, 6.45) is 3.87. The van der Waals surface area contributed by atoms with Crippen molar-refractivity contribution in [2.75, 3.05) is 0 Å². The van der Waals surface area contributed by atoms with Gasteiger partial charge in [0.1, 0.15) is 6.10 Å². The van der Waals surface area contributed by atoms with Crippen LogP contribution in [-0.4, -0.2) is 12.1 Å². The minimum absolute atomic E-state index is 0.00489. The van der Waals surface area contributed by atoms with E-state index in [1.54, 1.807) is 0 Å². The average molecular weight is 302 g/mol. The summed E-state index contributed by atoms with van der Waals surface area (Å²) in [5.41, 5.74) is 1.08. The highest BCUT2D eigenvalue weighted by atomic mass is 16.5. The predicted octanol–water partition coefficient (Wildman–Crippen LogP) is 4.79. The van der Waals surface area contributed by atoms with Crippen LogP contribution in [0.1, 0.15) is 59.3 Å². The zero-order chi connectivity index (χ0) is 16.6. The summed E-state index contributed by atoms with van der Waals surface area (Å²) in [6.45, 7) is 6.65. The van der Waals surface area contributed by atoms with Gasteiger partial charge in [-0.25, -0.2) is 0 Å². The standard InChI is InChI=1S/C20H28O2/c1-13(2)16-10-9-14(3)11-19(16)22-20(21)18-12-17(18)15-7-5-4-6-8-15/h4-8,13-14,16-19H,9-12H2,1-3H3/t14?,16?,17-,18-,19?/m0/s1/i12+1,18D. The normalized spacial score (nSPS) is 38.5. The lowest BCUT2D eigenvalue weighted by Crippen LogP contribution is -2.36. The van der Waals surface area contributed by atoms with Gasteiger partial charge >= 0.3 is 5.97 Å². The second-order valence-corrected chi connectivity index (χ2v) is 7.46. The predicted molar refractivity (Wildman–Crippen MR) is 88.5 cm³/mol. The monoisotopic (exact) mass is 302 g/mol. The molecule has 0 heterocycles. The molecule has 0 radical (unpaired) electrons. The van der Waals surface area contributed by atoms with Gasteiger partial charge in [-0.1, -0.05) is 57.5 Å². The molecule has 2 aliphatic carbocycles. The van der Waals surface area contributed by atoms with Crippen molar-refractivity contribution in [1.29, 1.82) is 0 Å². The van der Waals surface area contributed by atoms with Crippen molar-refractivity contribution in [1.82, 2.24) is 0 Å². The van der Waals surface area contributed by atoms with Crippen LogP contribution in [0.15, 0.2) is 30.3 Å². The van der Waals surface area contributed by atoms with E-state index in [9.17, 15) is 4.79 Å². The van der Waals surface area contributed by atoms with Gasteiger partial charge in [-0.2, -0.15) is 0 Å². The van der Waals surface area contributed by atoms with Gasteiger partial charge in [0, 0.05) is 1.37 Å².